The van der Waals surface area contributed by atoms with Crippen LogP contribution in [0.4, 0.5) is 5.69 Å². The molecule has 0 unspecified atom stereocenters. The summed E-state index contributed by atoms with van der Waals surface area (Å²) in [5, 5.41) is 9.56. The van der Waals surface area contributed by atoms with Crippen LogP contribution < -0.4 is 13.8 Å². The number of rotatable bonds is 4. The molecule has 25 heavy (non-hydrogen) atoms. The van der Waals surface area contributed by atoms with Crippen LogP contribution in [0.2, 0.25) is 5.02 Å². The fraction of sp³-hybridized carbons (Fsp3) is 0.188. The summed E-state index contributed by atoms with van der Waals surface area (Å²) in [7, 11) is -2.53. The van der Waals surface area contributed by atoms with Gasteiger partial charge in [-0.05, 0) is 42.5 Å². The zero-order chi connectivity index (χ0) is 18.2. The number of carbonyl (C=O) groups is 1. The second kappa shape index (κ2) is 6.45. The van der Waals surface area contributed by atoms with Crippen molar-refractivity contribution in [3.8, 4) is 11.5 Å². The molecule has 1 N–H and O–H groups in total. The van der Waals surface area contributed by atoms with Crippen LogP contribution in [0.1, 0.15) is 0 Å². The molecule has 7 nitrogen and oxygen atoms in total. The molecule has 0 amide bonds. The third-order valence-corrected chi connectivity index (χ3v) is 5.74. The van der Waals surface area contributed by atoms with Gasteiger partial charge in [0.2, 0.25) is 6.10 Å². The van der Waals surface area contributed by atoms with E-state index in [1.807, 2.05) is 0 Å². The number of fused-ring (bicyclic) bond motifs is 1. The lowest BCUT2D eigenvalue weighted by molar-refractivity contribution is -0.144. The molecule has 132 valence electrons. The van der Waals surface area contributed by atoms with Gasteiger partial charge in [-0.25, -0.2) is 13.2 Å². The van der Waals surface area contributed by atoms with Crippen molar-refractivity contribution >= 4 is 33.3 Å². The molecule has 0 radical (unpaired) electrons. The van der Waals surface area contributed by atoms with Crippen molar-refractivity contribution in [1.29, 1.82) is 0 Å². The molecule has 9 heteroatoms. The average Bonchev–Trinajstić information content (AvgIpc) is 2.60. The molecule has 1 atom stereocenters. The highest BCUT2D eigenvalue weighted by atomic mass is 35.5. The van der Waals surface area contributed by atoms with E-state index < -0.39 is 22.1 Å². The van der Waals surface area contributed by atoms with Gasteiger partial charge in [0, 0.05) is 5.02 Å². The Balaban J connectivity index is 2.09. The number of carboxylic acids is 1. The lowest BCUT2D eigenvalue weighted by Gasteiger charge is -2.33. The van der Waals surface area contributed by atoms with Gasteiger partial charge < -0.3 is 14.6 Å². The topological polar surface area (TPSA) is 93.1 Å². The summed E-state index contributed by atoms with van der Waals surface area (Å²) in [6.45, 7) is -0.364. The number of nitrogens with zero attached hydrogens (tertiary/aromatic N) is 1. The third kappa shape index (κ3) is 3.22. The summed E-state index contributed by atoms with van der Waals surface area (Å²) < 4.78 is 37.4. The molecule has 0 fully saturated rings. The Kier molecular flexibility index (Phi) is 4.49. The molecule has 2 aromatic rings. The van der Waals surface area contributed by atoms with Crippen LogP contribution in [0.15, 0.2) is 47.4 Å². The average molecular weight is 384 g/mol. The van der Waals surface area contributed by atoms with E-state index >= 15 is 0 Å². The second-order valence-electron chi connectivity index (χ2n) is 5.27. The van der Waals surface area contributed by atoms with Gasteiger partial charge in [0.15, 0.2) is 0 Å². The van der Waals surface area contributed by atoms with Gasteiger partial charge in [-0.3, -0.25) is 4.31 Å². The van der Waals surface area contributed by atoms with Gasteiger partial charge >= 0.3 is 5.97 Å². The highest BCUT2D eigenvalue weighted by Crippen LogP contribution is 2.39. The summed E-state index contributed by atoms with van der Waals surface area (Å²) in [5.41, 5.74) is 0.195. The quantitative estimate of drug-likeness (QED) is 0.871. The number of methoxy groups -OCH3 is 1. The van der Waals surface area contributed by atoms with Gasteiger partial charge in [0.1, 0.15) is 11.5 Å². The molecule has 0 aliphatic carbocycles. The zero-order valence-electron chi connectivity index (χ0n) is 13.0. The minimum Gasteiger partial charge on any atom is -0.497 e. The number of carboxylic acid groups (broad SMARTS) is 1. The van der Waals surface area contributed by atoms with Crippen molar-refractivity contribution < 1.29 is 27.8 Å². The SMILES string of the molecule is COc1ccc(S(=O)(=O)N2C[C@@H](C(=O)O)Oc3ccc(Cl)cc32)cc1. The number of ether oxygens (including phenoxy) is 2. The van der Waals surface area contributed by atoms with E-state index in [4.69, 9.17) is 21.1 Å². The summed E-state index contributed by atoms with van der Waals surface area (Å²) in [6.07, 6.45) is -1.32. The van der Waals surface area contributed by atoms with E-state index in [0.717, 1.165) is 4.31 Å². The van der Waals surface area contributed by atoms with E-state index in [0.29, 0.717) is 10.8 Å². The van der Waals surface area contributed by atoms with E-state index in [9.17, 15) is 18.3 Å². The van der Waals surface area contributed by atoms with Gasteiger partial charge in [-0.15, -0.1) is 0 Å². The molecule has 0 bridgehead atoms. The van der Waals surface area contributed by atoms with E-state index in [1.165, 1.54) is 49.6 Å². The molecule has 1 heterocycles. The molecule has 0 saturated carbocycles. The summed E-state index contributed by atoms with van der Waals surface area (Å²) in [4.78, 5) is 11.3. The maximum Gasteiger partial charge on any atom is 0.346 e. The van der Waals surface area contributed by atoms with Crippen LogP contribution in [0.25, 0.3) is 0 Å². The minimum atomic E-state index is -4.01. The standard InChI is InChI=1S/C16H14ClNO6S/c1-23-11-3-5-12(6-4-11)25(21,22)18-9-15(16(19)20)24-14-7-2-10(17)8-13(14)18/h2-8,15H,9H2,1H3,(H,19,20)/t15-/m0/s1. The number of benzene rings is 2. The first-order chi connectivity index (χ1) is 11.8. The second-order valence-corrected chi connectivity index (χ2v) is 7.57. The zero-order valence-corrected chi connectivity index (χ0v) is 14.6. The van der Waals surface area contributed by atoms with Crippen molar-refractivity contribution in [2.75, 3.05) is 18.0 Å². The van der Waals surface area contributed by atoms with Crippen molar-refractivity contribution in [2.24, 2.45) is 0 Å². The van der Waals surface area contributed by atoms with Gasteiger partial charge in [0.05, 0.1) is 24.2 Å². The Bertz CT molecular complexity index is 913. The number of sulfonamides is 1. The van der Waals surface area contributed by atoms with Crippen molar-refractivity contribution in [3.05, 3.63) is 47.5 Å². The first-order valence-electron chi connectivity index (χ1n) is 7.19. The number of anilines is 1. The van der Waals surface area contributed by atoms with Crippen LogP contribution in [0.3, 0.4) is 0 Å². The van der Waals surface area contributed by atoms with Crippen molar-refractivity contribution in [1.82, 2.24) is 0 Å². The first-order valence-corrected chi connectivity index (χ1v) is 9.00. The third-order valence-electron chi connectivity index (χ3n) is 3.71. The van der Waals surface area contributed by atoms with Gasteiger partial charge in [0.25, 0.3) is 10.0 Å². The number of hydrogen-bond acceptors (Lipinski definition) is 5. The Morgan fingerprint density at radius 1 is 1.28 bits per heavy atom. The summed E-state index contributed by atoms with van der Waals surface area (Å²) in [5.74, 6) is -0.608. The van der Waals surface area contributed by atoms with Crippen LogP contribution >= 0.6 is 11.6 Å². The molecular weight excluding hydrogens is 370 g/mol. The molecule has 0 spiro atoms. The first kappa shape index (κ1) is 17.4. The molecule has 0 aromatic heterocycles. The van der Waals surface area contributed by atoms with Crippen LogP contribution in [0, 0.1) is 0 Å². The Labute approximate surface area is 149 Å². The van der Waals surface area contributed by atoms with E-state index in [1.54, 1.807) is 0 Å². The van der Waals surface area contributed by atoms with Gasteiger partial charge in [-0.1, -0.05) is 11.6 Å². The number of aliphatic carboxylic acids is 1. The monoisotopic (exact) mass is 383 g/mol. The Morgan fingerprint density at radius 3 is 2.56 bits per heavy atom. The van der Waals surface area contributed by atoms with Crippen LogP contribution in [0.5, 0.6) is 11.5 Å². The fourth-order valence-electron chi connectivity index (χ4n) is 2.46. The van der Waals surface area contributed by atoms with Crippen LogP contribution in [-0.4, -0.2) is 39.3 Å². The highest BCUT2D eigenvalue weighted by Gasteiger charge is 2.37. The largest absolute Gasteiger partial charge is 0.497 e. The summed E-state index contributed by atoms with van der Waals surface area (Å²) in [6, 6.07) is 10.2. The fourth-order valence-corrected chi connectivity index (χ4v) is 4.09. The highest BCUT2D eigenvalue weighted by molar-refractivity contribution is 7.92. The number of halogens is 1. The minimum absolute atomic E-state index is 0.00487. The Hall–Kier alpha value is -2.45. The van der Waals surface area contributed by atoms with Crippen molar-refractivity contribution in [2.45, 2.75) is 11.0 Å². The lowest BCUT2D eigenvalue weighted by Crippen LogP contribution is -2.47. The van der Waals surface area contributed by atoms with E-state index in [2.05, 4.69) is 0 Å². The lowest BCUT2D eigenvalue weighted by atomic mass is 10.2. The molecule has 2 aromatic carbocycles. The summed E-state index contributed by atoms with van der Waals surface area (Å²) >= 11 is 5.97. The Morgan fingerprint density at radius 2 is 1.96 bits per heavy atom. The number of hydrogen-bond donors (Lipinski definition) is 1. The predicted molar refractivity (Wildman–Crippen MR) is 91.0 cm³/mol. The smallest absolute Gasteiger partial charge is 0.346 e. The molecule has 3 rings (SSSR count). The van der Waals surface area contributed by atoms with E-state index in [-0.39, 0.29) is 22.9 Å². The molecule has 1 aliphatic heterocycles. The normalized spacial score (nSPS) is 16.7. The van der Waals surface area contributed by atoms with Gasteiger partial charge in [-0.2, -0.15) is 0 Å². The molecular formula is C16H14ClNO6S. The van der Waals surface area contributed by atoms with Crippen molar-refractivity contribution in [3.63, 3.8) is 0 Å². The molecule has 0 saturated heterocycles. The van der Waals surface area contributed by atoms with Crippen LogP contribution in [-0.2, 0) is 14.8 Å². The molecule has 1 aliphatic rings. The maximum atomic E-state index is 13.0. The predicted octanol–water partition coefficient (Wildman–Crippen LogP) is 2.39. The maximum absolute atomic E-state index is 13.0.